The van der Waals surface area contributed by atoms with Crippen LogP contribution in [0.2, 0.25) is 0 Å². The third kappa shape index (κ3) is 4.15. The van der Waals surface area contributed by atoms with Crippen LogP contribution in [0.5, 0.6) is 0 Å². The molecule has 3 heterocycles. The summed E-state index contributed by atoms with van der Waals surface area (Å²) in [5.74, 6) is 1.98. The van der Waals surface area contributed by atoms with Crippen molar-refractivity contribution in [2.24, 2.45) is 0 Å². The number of amides is 1. The molecular formula is C18H19N5O2S2. The van der Waals surface area contributed by atoms with Crippen LogP contribution < -0.4 is 10.0 Å². The number of carbonyl (C=O) groups is 1. The van der Waals surface area contributed by atoms with E-state index in [1.165, 1.54) is 0 Å². The summed E-state index contributed by atoms with van der Waals surface area (Å²) < 4.78 is 16.9. The lowest BCUT2D eigenvalue weighted by Gasteiger charge is -2.24. The van der Waals surface area contributed by atoms with Gasteiger partial charge in [-0.25, -0.2) is 9.29 Å². The number of aromatic nitrogens is 2. The quantitative estimate of drug-likeness (QED) is 0.435. The Labute approximate surface area is 163 Å². The number of nitrogens with one attached hydrogen (secondary N) is 3. The number of hydrogen-bond acceptors (Lipinski definition) is 6. The number of benzene rings is 1. The summed E-state index contributed by atoms with van der Waals surface area (Å²) >= 11 is 1.55. The van der Waals surface area contributed by atoms with Gasteiger partial charge in [0.15, 0.2) is 0 Å². The zero-order valence-electron chi connectivity index (χ0n) is 14.5. The van der Waals surface area contributed by atoms with Gasteiger partial charge in [-0.05, 0) is 35.4 Å². The maximum atomic E-state index is 11.4. The van der Waals surface area contributed by atoms with Crippen LogP contribution in [0.25, 0.3) is 22.2 Å². The monoisotopic (exact) mass is 401 g/mol. The first-order valence-corrected chi connectivity index (χ1v) is 10.8. The first-order valence-electron chi connectivity index (χ1n) is 8.54. The highest BCUT2D eigenvalue weighted by atomic mass is 32.2. The van der Waals surface area contributed by atoms with Crippen LogP contribution >= 0.6 is 12.1 Å². The lowest BCUT2D eigenvalue weighted by atomic mass is 10.0. The minimum Gasteiger partial charge on any atom is -0.346 e. The Hall–Kier alpha value is -2.36. The molecule has 1 aliphatic heterocycles. The van der Waals surface area contributed by atoms with Crippen molar-refractivity contribution in [3.05, 3.63) is 42.6 Å². The number of H-pyrrole nitrogens is 1. The summed E-state index contributed by atoms with van der Waals surface area (Å²) in [4.78, 5) is 18.2. The zero-order chi connectivity index (χ0) is 18.6. The molecule has 1 amide bonds. The van der Waals surface area contributed by atoms with E-state index < -0.39 is 10.8 Å². The molecule has 1 saturated heterocycles. The van der Waals surface area contributed by atoms with Gasteiger partial charge in [0, 0.05) is 64.8 Å². The highest BCUT2D eigenvalue weighted by molar-refractivity contribution is 7.98. The number of carbonyl (C=O) groups excluding carboxylic acids is 1. The molecule has 27 heavy (non-hydrogen) atoms. The number of aromatic amines is 1. The Bertz CT molecular complexity index is 964. The Balaban J connectivity index is 1.50. The topological polar surface area (TPSA) is 90.1 Å². The summed E-state index contributed by atoms with van der Waals surface area (Å²) in [6.07, 6.45) is 2.46. The van der Waals surface area contributed by atoms with Gasteiger partial charge in [-0.1, -0.05) is 12.1 Å². The summed E-state index contributed by atoms with van der Waals surface area (Å²) in [7, 11) is -0.663. The number of anilines is 2. The average Bonchev–Trinajstić information content (AvgIpc) is 3.16. The van der Waals surface area contributed by atoms with Crippen LogP contribution in [0.1, 0.15) is 0 Å². The van der Waals surface area contributed by atoms with Gasteiger partial charge >= 0.3 is 0 Å². The smallest absolute Gasteiger partial charge is 0.212 e. The summed E-state index contributed by atoms with van der Waals surface area (Å²) in [6.45, 7) is 1.66. The van der Waals surface area contributed by atoms with Gasteiger partial charge in [-0.15, -0.1) is 0 Å². The number of hydrogen-bond donors (Lipinski definition) is 3. The second kappa shape index (κ2) is 8.12. The average molecular weight is 402 g/mol. The molecule has 9 heteroatoms. The highest BCUT2D eigenvalue weighted by Crippen LogP contribution is 2.31. The highest BCUT2D eigenvalue weighted by Gasteiger charge is 2.15. The molecule has 3 aromatic rings. The molecule has 2 aromatic heterocycles. The maximum Gasteiger partial charge on any atom is 0.212 e. The molecule has 3 N–H and O–H groups in total. The van der Waals surface area contributed by atoms with E-state index in [0.29, 0.717) is 12.2 Å². The van der Waals surface area contributed by atoms with E-state index in [0.717, 1.165) is 52.4 Å². The van der Waals surface area contributed by atoms with Gasteiger partial charge in [0.05, 0.1) is 0 Å². The minimum absolute atomic E-state index is 0.509. The van der Waals surface area contributed by atoms with Crippen LogP contribution in [0, 0.1) is 0 Å². The molecule has 1 aliphatic rings. The fourth-order valence-electron chi connectivity index (χ4n) is 2.96. The molecule has 7 nitrogen and oxygen atoms in total. The number of nitrogens with zero attached hydrogens (tertiary/aromatic N) is 2. The Morgan fingerprint density at radius 3 is 2.70 bits per heavy atom. The molecule has 1 fully saturated rings. The van der Waals surface area contributed by atoms with Crippen molar-refractivity contribution in [2.75, 3.05) is 34.6 Å². The number of pyridine rings is 1. The van der Waals surface area contributed by atoms with E-state index in [9.17, 15) is 9.00 Å². The van der Waals surface area contributed by atoms with Crippen molar-refractivity contribution in [3.63, 3.8) is 0 Å². The van der Waals surface area contributed by atoms with Gasteiger partial charge in [-0.2, -0.15) is 0 Å². The van der Waals surface area contributed by atoms with Crippen LogP contribution in [0.15, 0.2) is 42.6 Å². The lowest BCUT2D eigenvalue weighted by molar-refractivity contribution is -0.105. The predicted molar refractivity (Wildman–Crippen MR) is 112 cm³/mol. The molecule has 4 rings (SSSR count). The Kier molecular flexibility index (Phi) is 5.42. The van der Waals surface area contributed by atoms with E-state index >= 15 is 0 Å². The van der Waals surface area contributed by atoms with Crippen molar-refractivity contribution in [2.45, 2.75) is 0 Å². The number of fused-ring (bicyclic) bond motifs is 1. The summed E-state index contributed by atoms with van der Waals surface area (Å²) in [5, 5.41) is 3.62. The molecule has 0 unspecified atom stereocenters. The first-order chi connectivity index (χ1) is 13.2. The minimum atomic E-state index is -0.663. The summed E-state index contributed by atoms with van der Waals surface area (Å²) in [5.41, 5.74) is 3.78. The molecule has 0 spiro atoms. The number of rotatable bonds is 6. The molecule has 0 aliphatic carbocycles. The molecule has 0 saturated carbocycles. The van der Waals surface area contributed by atoms with Crippen LogP contribution in [-0.4, -0.2) is 49.5 Å². The van der Waals surface area contributed by atoms with Crippen molar-refractivity contribution in [1.29, 1.82) is 0 Å². The van der Waals surface area contributed by atoms with E-state index in [1.54, 1.807) is 12.1 Å². The van der Waals surface area contributed by atoms with Gasteiger partial charge in [0.1, 0.15) is 11.5 Å². The fourth-order valence-corrected chi connectivity index (χ4v) is 4.98. The van der Waals surface area contributed by atoms with E-state index in [1.807, 2.05) is 42.6 Å². The maximum absolute atomic E-state index is 11.4. The second-order valence-electron chi connectivity index (χ2n) is 6.10. The van der Waals surface area contributed by atoms with E-state index in [2.05, 4.69) is 24.3 Å². The van der Waals surface area contributed by atoms with E-state index in [-0.39, 0.29) is 0 Å². The van der Waals surface area contributed by atoms with Crippen molar-refractivity contribution < 1.29 is 9.00 Å². The molecule has 1 aromatic carbocycles. The van der Waals surface area contributed by atoms with Crippen molar-refractivity contribution >= 4 is 51.9 Å². The summed E-state index contributed by atoms with van der Waals surface area (Å²) in [6, 6.07) is 12.0. The zero-order valence-corrected chi connectivity index (χ0v) is 16.1. The molecule has 0 atom stereocenters. The van der Waals surface area contributed by atoms with Gasteiger partial charge in [0.2, 0.25) is 6.41 Å². The molecule has 0 radical (unpaired) electrons. The SMILES string of the molecule is O=CNc1cc(-c2ccc(NSN3CCS(=O)CC3)cc2)c2cc[nH]c2n1. The van der Waals surface area contributed by atoms with Gasteiger partial charge in [-0.3, -0.25) is 9.00 Å². The third-order valence-electron chi connectivity index (χ3n) is 4.36. The van der Waals surface area contributed by atoms with Crippen LogP contribution in [0.3, 0.4) is 0 Å². The standard InChI is InChI=1S/C18H19N5O2S2/c24-12-20-17-11-16(15-5-6-19-18(15)21-17)13-1-3-14(4-2-13)22-26-23-7-9-27(25)10-8-23/h1-6,11-12,22H,7-10H2,(H2,19,20,21,24). The third-order valence-corrected chi connectivity index (χ3v) is 6.59. The Morgan fingerprint density at radius 1 is 1.19 bits per heavy atom. The van der Waals surface area contributed by atoms with Gasteiger partial charge < -0.3 is 15.0 Å². The Morgan fingerprint density at radius 2 is 1.96 bits per heavy atom. The van der Waals surface area contributed by atoms with Crippen molar-refractivity contribution in [1.82, 2.24) is 14.3 Å². The predicted octanol–water partition coefficient (Wildman–Crippen LogP) is 2.84. The lowest BCUT2D eigenvalue weighted by Crippen LogP contribution is -2.33. The van der Waals surface area contributed by atoms with Crippen LogP contribution in [0.4, 0.5) is 11.5 Å². The van der Waals surface area contributed by atoms with E-state index in [4.69, 9.17) is 0 Å². The molecular weight excluding hydrogens is 382 g/mol. The molecule has 0 bridgehead atoms. The second-order valence-corrected chi connectivity index (χ2v) is 8.70. The largest absolute Gasteiger partial charge is 0.346 e. The van der Waals surface area contributed by atoms with Gasteiger partial charge in [0.25, 0.3) is 0 Å². The first kappa shape index (κ1) is 18.0. The van der Waals surface area contributed by atoms with Crippen LogP contribution in [-0.2, 0) is 15.6 Å². The molecule has 140 valence electrons. The fraction of sp³-hybridized carbons (Fsp3) is 0.222. The van der Waals surface area contributed by atoms with Crippen molar-refractivity contribution in [3.8, 4) is 11.1 Å². The normalized spacial score (nSPS) is 15.7.